The topological polar surface area (TPSA) is 90.0 Å². The first-order valence-corrected chi connectivity index (χ1v) is 9.60. The van der Waals surface area contributed by atoms with E-state index >= 15 is 0 Å². The largest absolute Gasteiger partial charge is 0.490 e. The zero-order valence-electron chi connectivity index (χ0n) is 16.9. The first-order valence-electron chi connectivity index (χ1n) is 9.60. The molecule has 10 heteroatoms. The minimum atomic E-state index is -5.08. The van der Waals surface area contributed by atoms with E-state index in [1.54, 1.807) is 7.05 Å². The van der Waals surface area contributed by atoms with Gasteiger partial charge >= 0.3 is 12.1 Å². The number of carboxylic acids is 1. The third-order valence-corrected chi connectivity index (χ3v) is 5.36. The van der Waals surface area contributed by atoms with Gasteiger partial charge in [0.2, 0.25) is 5.91 Å². The SMILES string of the molecule is CNC(=O)CN1CC[C@H]2CN(C(=O)c3ccc(C)cc3)C[C@H]2C1.O=C(O)C(F)(F)F. The van der Waals surface area contributed by atoms with Gasteiger partial charge < -0.3 is 15.3 Å². The Morgan fingerprint density at radius 1 is 1.10 bits per heavy atom. The maximum atomic E-state index is 12.7. The van der Waals surface area contributed by atoms with Crippen molar-refractivity contribution >= 4 is 17.8 Å². The lowest BCUT2D eigenvalue weighted by Gasteiger charge is -2.33. The molecule has 30 heavy (non-hydrogen) atoms. The average Bonchev–Trinajstić information content (AvgIpc) is 3.11. The highest BCUT2D eigenvalue weighted by Gasteiger charge is 2.39. The van der Waals surface area contributed by atoms with Gasteiger partial charge in [0.15, 0.2) is 0 Å². The van der Waals surface area contributed by atoms with Crippen molar-refractivity contribution in [1.29, 1.82) is 0 Å². The minimum Gasteiger partial charge on any atom is -0.475 e. The van der Waals surface area contributed by atoms with E-state index in [9.17, 15) is 22.8 Å². The molecule has 0 spiro atoms. The van der Waals surface area contributed by atoms with Gasteiger partial charge in [-0.1, -0.05) is 17.7 Å². The number of carboxylic acid groups (broad SMARTS) is 1. The number of aryl methyl sites for hydroxylation is 1. The summed E-state index contributed by atoms with van der Waals surface area (Å²) in [5, 5.41) is 9.80. The fourth-order valence-electron chi connectivity index (χ4n) is 3.71. The minimum absolute atomic E-state index is 0.0639. The molecule has 2 saturated heterocycles. The van der Waals surface area contributed by atoms with Crippen molar-refractivity contribution in [1.82, 2.24) is 15.1 Å². The Bertz CT molecular complexity index is 768. The van der Waals surface area contributed by atoms with E-state index in [0.717, 1.165) is 38.2 Å². The summed E-state index contributed by atoms with van der Waals surface area (Å²) in [4.78, 5) is 37.3. The van der Waals surface area contributed by atoms with Crippen LogP contribution >= 0.6 is 0 Å². The van der Waals surface area contributed by atoms with Crippen LogP contribution in [0.25, 0.3) is 0 Å². The predicted molar refractivity (Wildman–Crippen MR) is 103 cm³/mol. The molecule has 3 rings (SSSR count). The highest BCUT2D eigenvalue weighted by Crippen LogP contribution is 2.31. The van der Waals surface area contributed by atoms with Crippen LogP contribution in [-0.4, -0.2) is 78.6 Å². The maximum absolute atomic E-state index is 12.7. The smallest absolute Gasteiger partial charge is 0.475 e. The molecule has 0 aromatic heterocycles. The normalized spacial score (nSPS) is 21.3. The number of nitrogens with one attached hydrogen (secondary N) is 1. The number of piperidine rings is 1. The number of halogens is 3. The van der Waals surface area contributed by atoms with Crippen molar-refractivity contribution in [3.05, 3.63) is 35.4 Å². The summed E-state index contributed by atoms with van der Waals surface area (Å²) in [6.45, 7) is 6.01. The summed E-state index contributed by atoms with van der Waals surface area (Å²) in [7, 11) is 1.67. The summed E-state index contributed by atoms with van der Waals surface area (Å²) in [5.41, 5.74) is 1.94. The molecular weight excluding hydrogens is 403 g/mol. The summed E-state index contributed by atoms with van der Waals surface area (Å²) >= 11 is 0. The van der Waals surface area contributed by atoms with Crippen molar-refractivity contribution < 1.29 is 32.7 Å². The second-order valence-electron chi connectivity index (χ2n) is 7.60. The van der Waals surface area contributed by atoms with E-state index in [1.165, 1.54) is 5.56 Å². The van der Waals surface area contributed by atoms with Gasteiger partial charge in [0.1, 0.15) is 0 Å². The predicted octanol–water partition coefficient (Wildman–Crippen LogP) is 1.77. The Morgan fingerprint density at radius 2 is 1.67 bits per heavy atom. The van der Waals surface area contributed by atoms with E-state index in [0.29, 0.717) is 18.4 Å². The molecule has 2 fully saturated rings. The molecule has 2 aliphatic rings. The number of hydrogen-bond donors (Lipinski definition) is 2. The third-order valence-electron chi connectivity index (χ3n) is 5.36. The fourth-order valence-corrected chi connectivity index (χ4v) is 3.71. The lowest BCUT2D eigenvalue weighted by molar-refractivity contribution is -0.192. The maximum Gasteiger partial charge on any atom is 0.490 e. The van der Waals surface area contributed by atoms with Crippen molar-refractivity contribution in [2.75, 3.05) is 39.8 Å². The van der Waals surface area contributed by atoms with Crippen molar-refractivity contribution in [3.8, 4) is 0 Å². The second-order valence-corrected chi connectivity index (χ2v) is 7.60. The highest BCUT2D eigenvalue weighted by molar-refractivity contribution is 5.94. The summed E-state index contributed by atoms with van der Waals surface area (Å²) in [6, 6.07) is 7.80. The number of alkyl halides is 3. The molecule has 2 aliphatic heterocycles. The molecule has 2 N–H and O–H groups in total. The van der Waals surface area contributed by atoms with Gasteiger partial charge in [-0.2, -0.15) is 13.2 Å². The molecule has 1 aromatic carbocycles. The molecule has 0 bridgehead atoms. The van der Waals surface area contributed by atoms with Crippen LogP contribution in [0.3, 0.4) is 0 Å². The Kier molecular flexibility index (Phi) is 7.83. The summed E-state index contributed by atoms with van der Waals surface area (Å²) in [6.07, 6.45) is -4.01. The molecule has 2 atom stereocenters. The van der Waals surface area contributed by atoms with Gasteiger partial charge in [0, 0.05) is 32.2 Å². The van der Waals surface area contributed by atoms with Crippen LogP contribution < -0.4 is 5.32 Å². The first-order chi connectivity index (χ1) is 14.0. The zero-order chi connectivity index (χ0) is 22.5. The van der Waals surface area contributed by atoms with Crippen LogP contribution in [0.2, 0.25) is 0 Å². The zero-order valence-corrected chi connectivity index (χ0v) is 16.9. The molecule has 7 nitrogen and oxygen atoms in total. The number of carbonyl (C=O) groups is 3. The number of hydrogen-bond acceptors (Lipinski definition) is 4. The third kappa shape index (κ3) is 6.45. The van der Waals surface area contributed by atoms with Crippen LogP contribution in [0.1, 0.15) is 22.3 Å². The number of benzene rings is 1. The summed E-state index contributed by atoms with van der Waals surface area (Å²) < 4.78 is 31.7. The van der Waals surface area contributed by atoms with Gasteiger partial charge in [-0.05, 0) is 43.9 Å². The number of likely N-dealkylation sites (N-methyl/N-ethyl adjacent to an activating group) is 1. The van der Waals surface area contributed by atoms with Gasteiger partial charge in [0.05, 0.1) is 6.54 Å². The molecule has 0 radical (unpaired) electrons. The standard InChI is InChI=1S/C18H25N3O2.C2HF3O2/c1-13-3-5-14(6-4-13)18(23)21-10-15-7-8-20(9-16(15)11-21)12-17(22)19-2;3-2(4,5)1(6)7/h3-6,15-16H,7-12H2,1-2H3,(H,19,22);(H,6,7)/t15-,16+;/m0./s1. The molecular formula is C20H26F3N3O4. The highest BCUT2D eigenvalue weighted by atomic mass is 19.4. The van der Waals surface area contributed by atoms with E-state index in [-0.39, 0.29) is 11.8 Å². The van der Waals surface area contributed by atoms with Crippen LogP contribution in [0.4, 0.5) is 13.2 Å². The lowest BCUT2D eigenvalue weighted by atomic mass is 9.89. The van der Waals surface area contributed by atoms with Gasteiger partial charge in [0.25, 0.3) is 5.91 Å². The van der Waals surface area contributed by atoms with Crippen molar-refractivity contribution in [2.24, 2.45) is 11.8 Å². The van der Waals surface area contributed by atoms with Crippen molar-refractivity contribution in [2.45, 2.75) is 19.5 Å². The average molecular weight is 429 g/mol. The Morgan fingerprint density at radius 3 is 2.20 bits per heavy atom. The Hall–Kier alpha value is -2.62. The number of fused-ring (bicyclic) bond motifs is 1. The molecule has 2 heterocycles. The van der Waals surface area contributed by atoms with Crippen LogP contribution in [0, 0.1) is 18.8 Å². The van der Waals surface area contributed by atoms with E-state index < -0.39 is 12.1 Å². The van der Waals surface area contributed by atoms with Gasteiger partial charge in [-0.25, -0.2) is 4.79 Å². The molecule has 0 unspecified atom stereocenters. The number of carbonyl (C=O) groups excluding carboxylic acids is 2. The molecule has 166 valence electrons. The van der Waals surface area contributed by atoms with Crippen LogP contribution in [0.5, 0.6) is 0 Å². The quantitative estimate of drug-likeness (QED) is 0.765. The van der Waals surface area contributed by atoms with Gasteiger partial charge in [-0.15, -0.1) is 0 Å². The lowest BCUT2D eigenvalue weighted by Crippen LogP contribution is -2.44. The van der Waals surface area contributed by atoms with Crippen molar-refractivity contribution in [3.63, 3.8) is 0 Å². The Labute approximate surface area is 172 Å². The number of amides is 2. The van der Waals surface area contributed by atoms with Crippen LogP contribution in [-0.2, 0) is 9.59 Å². The fraction of sp³-hybridized carbons (Fsp3) is 0.550. The molecule has 2 amide bonds. The summed E-state index contributed by atoms with van der Waals surface area (Å²) in [5.74, 6) is -1.49. The number of likely N-dealkylation sites (tertiary alicyclic amines) is 2. The monoisotopic (exact) mass is 429 g/mol. The number of aliphatic carboxylic acids is 1. The second kappa shape index (κ2) is 9.92. The van der Waals surface area contributed by atoms with E-state index in [1.807, 2.05) is 36.1 Å². The number of rotatable bonds is 3. The first kappa shape index (κ1) is 23.7. The van der Waals surface area contributed by atoms with Gasteiger partial charge in [-0.3, -0.25) is 14.5 Å². The van der Waals surface area contributed by atoms with E-state index in [2.05, 4.69) is 10.2 Å². The number of nitrogens with zero attached hydrogens (tertiary/aromatic N) is 2. The molecule has 0 saturated carbocycles. The molecule has 1 aromatic rings. The van der Waals surface area contributed by atoms with Crippen LogP contribution in [0.15, 0.2) is 24.3 Å². The Balaban J connectivity index is 0.000000396. The van der Waals surface area contributed by atoms with E-state index in [4.69, 9.17) is 9.90 Å². The molecule has 0 aliphatic carbocycles.